The Kier molecular flexibility index (Phi) is 2.15. The van der Waals surface area contributed by atoms with Crippen LogP contribution >= 0.6 is 11.8 Å². The maximum absolute atomic E-state index is 4.17. The number of rotatable bonds is 2. The molecule has 0 unspecified atom stereocenters. The van der Waals surface area contributed by atoms with Crippen LogP contribution in [0.1, 0.15) is 0 Å². The Labute approximate surface area is 71.2 Å². The lowest BCUT2D eigenvalue weighted by Crippen LogP contribution is -2.38. The summed E-state index contributed by atoms with van der Waals surface area (Å²) in [5, 5.41) is 4.92. The smallest absolute Gasteiger partial charge is 0.0377 e. The van der Waals surface area contributed by atoms with Crippen molar-refractivity contribution < 1.29 is 0 Å². The molecule has 0 N–H and O–H groups in total. The van der Waals surface area contributed by atoms with Gasteiger partial charge in [0.05, 0.1) is 0 Å². The van der Waals surface area contributed by atoms with Gasteiger partial charge in [-0.2, -0.15) is 0 Å². The maximum Gasteiger partial charge on any atom is 0.0377 e. The van der Waals surface area contributed by atoms with Gasteiger partial charge in [0.25, 0.3) is 0 Å². The van der Waals surface area contributed by atoms with Crippen molar-refractivity contribution in [2.75, 3.05) is 13.1 Å². The van der Waals surface area contributed by atoms with E-state index in [1.54, 1.807) is 0 Å². The minimum atomic E-state index is 0.748. The summed E-state index contributed by atoms with van der Waals surface area (Å²) in [7, 11) is 0. The first kappa shape index (κ1) is 7.19. The van der Waals surface area contributed by atoms with Crippen molar-refractivity contribution in [3.63, 3.8) is 0 Å². The van der Waals surface area contributed by atoms with Crippen LogP contribution in [0.3, 0.4) is 0 Å². The van der Waals surface area contributed by atoms with Crippen molar-refractivity contribution in [1.82, 2.24) is 5.32 Å². The van der Waals surface area contributed by atoms with E-state index in [-0.39, 0.29) is 0 Å². The number of thioether (sulfide) groups is 1. The molecule has 11 heavy (non-hydrogen) atoms. The first-order valence-corrected chi connectivity index (χ1v) is 4.68. The van der Waals surface area contributed by atoms with Crippen LogP contribution in [0.25, 0.3) is 0 Å². The third-order valence-electron chi connectivity index (χ3n) is 1.71. The fourth-order valence-corrected chi connectivity index (χ4v) is 2.06. The van der Waals surface area contributed by atoms with Crippen molar-refractivity contribution in [1.29, 1.82) is 0 Å². The van der Waals surface area contributed by atoms with Crippen LogP contribution in [-0.4, -0.2) is 18.3 Å². The van der Waals surface area contributed by atoms with E-state index in [4.69, 9.17) is 0 Å². The zero-order valence-corrected chi connectivity index (χ0v) is 7.05. The van der Waals surface area contributed by atoms with Crippen LogP contribution in [0.15, 0.2) is 35.2 Å². The molecular weight excluding hydrogens is 154 g/mol. The number of benzene rings is 1. The molecule has 0 aliphatic carbocycles. The Balaban J connectivity index is 1.95. The zero-order chi connectivity index (χ0) is 7.52. The molecule has 1 radical (unpaired) electrons. The Hall–Kier alpha value is -0.470. The van der Waals surface area contributed by atoms with E-state index < -0.39 is 0 Å². The Morgan fingerprint density at radius 3 is 2.45 bits per heavy atom. The highest BCUT2D eigenvalue weighted by Crippen LogP contribution is 2.25. The summed E-state index contributed by atoms with van der Waals surface area (Å²) in [4.78, 5) is 1.37. The van der Waals surface area contributed by atoms with Crippen molar-refractivity contribution >= 4 is 11.8 Å². The molecule has 1 saturated heterocycles. The Morgan fingerprint density at radius 2 is 1.91 bits per heavy atom. The first-order chi connectivity index (χ1) is 5.45. The number of hydrogen-bond acceptors (Lipinski definition) is 1. The summed E-state index contributed by atoms with van der Waals surface area (Å²) < 4.78 is 0. The molecule has 0 bridgehead atoms. The van der Waals surface area contributed by atoms with Crippen LogP contribution in [0.4, 0.5) is 0 Å². The monoisotopic (exact) mass is 164 g/mol. The van der Waals surface area contributed by atoms with Gasteiger partial charge in [-0.25, -0.2) is 5.32 Å². The van der Waals surface area contributed by atoms with Crippen molar-refractivity contribution in [2.24, 2.45) is 0 Å². The molecule has 2 heteroatoms. The van der Waals surface area contributed by atoms with E-state index in [9.17, 15) is 0 Å². The molecule has 1 aromatic carbocycles. The third-order valence-corrected chi connectivity index (χ3v) is 2.89. The van der Waals surface area contributed by atoms with E-state index in [0.717, 1.165) is 18.3 Å². The van der Waals surface area contributed by atoms with Crippen molar-refractivity contribution in [2.45, 2.75) is 10.1 Å². The summed E-state index contributed by atoms with van der Waals surface area (Å²) in [6.07, 6.45) is 0. The molecule has 1 aromatic rings. The van der Waals surface area contributed by atoms with E-state index in [0.29, 0.717) is 0 Å². The average molecular weight is 164 g/mol. The predicted molar refractivity (Wildman–Crippen MR) is 48.0 cm³/mol. The lowest BCUT2D eigenvalue weighted by molar-refractivity contribution is 0.530. The summed E-state index contributed by atoms with van der Waals surface area (Å²) in [5.74, 6) is 0. The van der Waals surface area contributed by atoms with Crippen LogP contribution in [0.2, 0.25) is 0 Å². The van der Waals surface area contributed by atoms with Gasteiger partial charge < -0.3 is 0 Å². The molecule has 0 atom stereocenters. The quantitative estimate of drug-likeness (QED) is 0.649. The highest BCUT2D eigenvalue weighted by molar-refractivity contribution is 8.00. The van der Waals surface area contributed by atoms with Gasteiger partial charge in [0.2, 0.25) is 0 Å². The summed E-state index contributed by atoms with van der Waals surface area (Å²) in [5.41, 5.74) is 0. The molecule has 1 aliphatic rings. The molecule has 1 aliphatic heterocycles. The first-order valence-electron chi connectivity index (χ1n) is 3.80. The average Bonchev–Trinajstić information content (AvgIpc) is 1.99. The summed E-state index contributed by atoms with van der Waals surface area (Å²) >= 11 is 1.94. The van der Waals surface area contributed by atoms with E-state index in [2.05, 4.69) is 35.6 Å². The van der Waals surface area contributed by atoms with E-state index >= 15 is 0 Å². The van der Waals surface area contributed by atoms with E-state index in [1.807, 2.05) is 11.8 Å². The molecule has 1 heterocycles. The molecule has 0 amide bonds. The fraction of sp³-hybridized carbons (Fsp3) is 0.333. The van der Waals surface area contributed by atoms with Gasteiger partial charge in [-0.15, -0.1) is 11.8 Å². The van der Waals surface area contributed by atoms with Gasteiger partial charge in [0.1, 0.15) is 0 Å². The lowest BCUT2D eigenvalue weighted by atomic mass is 10.3. The Bertz CT molecular complexity index is 218. The predicted octanol–water partition coefficient (Wildman–Crippen LogP) is 1.77. The molecule has 1 fully saturated rings. The minimum absolute atomic E-state index is 0.748. The van der Waals surface area contributed by atoms with Gasteiger partial charge in [-0.05, 0) is 12.1 Å². The van der Waals surface area contributed by atoms with Gasteiger partial charge in [0, 0.05) is 23.2 Å². The molecule has 0 spiro atoms. The molecule has 57 valence electrons. The van der Waals surface area contributed by atoms with Gasteiger partial charge in [-0.3, -0.25) is 0 Å². The zero-order valence-electron chi connectivity index (χ0n) is 6.23. The maximum atomic E-state index is 4.17. The van der Waals surface area contributed by atoms with Crippen LogP contribution < -0.4 is 5.32 Å². The minimum Gasteiger partial charge on any atom is -0.239 e. The second kappa shape index (κ2) is 3.28. The molecule has 2 rings (SSSR count). The number of nitrogens with zero attached hydrogens (tertiary/aromatic N) is 1. The second-order valence-electron chi connectivity index (χ2n) is 2.64. The second-order valence-corrected chi connectivity index (χ2v) is 4.02. The Morgan fingerprint density at radius 1 is 1.18 bits per heavy atom. The highest BCUT2D eigenvalue weighted by Gasteiger charge is 2.18. The van der Waals surface area contributed by atoms with E-state index in [1.165, 1.54) is 4.90 Å². The topological polar surface area (TPSA) is 14.1 Å². The molecule has 0 aromatic heterocycles. The van der Waals surface area contributed by atoms with Gasteiger partial charge in [-0.1, -0.05) is 18.2 Å². The largest absolute Gasteiger partial charge is 0.239 e. The van der Waals surface area contributed by atoms with Crippen molar-refractivity contribution in [3.8, 4) is 0 Å². The normalized spacial score (nSPS) is 17.8. The summed E-state index contributed by atoms with van der Waals surface area (Å²) in [6.45, 7) is 2.08. The highest BCUT2D eigenvalue weighted by atomic mass is 32.2. The molecular formula is C9H10NS. The van der Waals surface area contributed by atoms with Crippen LogP contribution in [0.5, 0.6) is 0 Å². The van der Waals surface area contributed by atoms with Crippen LogP contribution in [0, 0.1) is 0 Å². The third kappa shape index (κ3) is 1.76. The summed E-state index contributed by atoms with van der Waals surface area (Å²) in [6, 6.07) is 10.5. The fourth-order valence-electron chi connectivity index (χ4n) is 1.00. The number of hydrogen-bond donors (Lipinski definition) is 0. The lowest BCUT2D eigenvalue weighted by Gasteiger charge is -2.24. The van der Waals surface area contributed by atoms with Gasteiger partial charge in [0.15, 0.2) is 0 Å². The standard InChI is InChI=1S/C9H10NS/c1-2-4-8(5-3-1)11-9-6-10-7-9/h1-5,9H,6-7H2. The molecule has 0 saturated carbocycles. The molecule has 1 nitrogen and oxygen atoms in total. The van der Waals surface area contributed by atoms with Crippen LogP contribution in [-0.2, 0) is 0 Å². The van der Waals surface area contributed by atoms with Crippen molar-refractivity contribution in [3.05, 3.63) is 30.3 Å². The van der Waals surface area contributed by atoms with Gasteiger partial charge >= 0.3 is 0 Å². The SMILES string of the molecule is c1ccc(SC2C[N]C2)cc1.